The smallest absolute Gasteiger partial charge is 0.0619 e. The van der Waals surface area contributed by atoms with Gasteiger partial charge >= 0.3 is 0 Å². The van der Waals surface area contributed by atoms with E-state index in [1.807, 2.05) is 0 Å². The second kappa shape index (κ2) is 6.32. The summed E-state index contributed by atoms with van der Waals surface area (Å²) in [4.78, 5) is 2.47. The molecule has 0 aliphatic carbocycles. The summed E-state index contributed by atoms with van der Waals surface area (Å²) in [5, 5.41) is 0. The lowest BCUT2D eigenvalue weighted by Crippen LogP contribution is -2.44. The van der Waals surface area contributed by atoms with Gasteiger partial charge in [0.25, 0.3) is 0 Å². The minimum absolute atomic E-state index is 0.139. The molecule has 1 fully saturated rings. The fourth-order valence-electron chi connectivity index (χ4n) is 2.38. The van der Waals surface area contributed by atoms with Crippen molar-refractivity contribution in [2.75, 3.05) is 26.3 Å². The van der Waals surface area contributed by atoms with Crippen molar-refractivity contribution in [3.05, 3.63) is 35.4 Å². The van der Waals surface area contributed by atoms with E-state index in [4.69, 9.17) is 10.5 Å². The molecule has 3 nitrogen and oxygen atoms in total. The summed E-state index contributed by atoms with van der Waals surface area (Å²) in [6, 6.07) is 9.20. The van der Waals surface area contributed by atoms with Crippen molar-refractivity contribution in [2.45, 2.75) is 32.4 Å². The number of morpholine rings is 1. The van der Waals surface area contributed by atoms with E-state index in [2.05, 4.69) is 43.0 Å². The van der Waals surface area contributed by atoms with Gasteiger partial charge in [0.05, 0.1) is 13.2 Å². The number of ether oxygens (including phenoxy) is 1. The van der Waals surface area contributed by atoms with E-state index in [1.54, 1.807) is 0 Å². The fraction of sp³-hybridized carbons (Fsp3) is 0.600. The molecule has 18 heavy (non-hydrogen) atoms. The van der Waals surface area contributed by atoms with Gasteiger partial charge in [-0.2, -0.15) is 0 Å². The molecule has 0 amide bonds. The van der Waals surface area contributed by atoms with Gasteiger partial charge in [0.1, 0.15) is 0 Å². The van der Waals surface area contributed by atoms with Crippen molar-refractivity contribution < 1.29 is 4.74 Å². The van der Waals surface area contributed by atoms with Gasteiger partial charge in [0.2, 0.25) is 0 Å². The topological polar surface area (TPSA) is 38.5 Å². The van der Waals surface area contributed by atoms with Gasteiger partial charge in [-0.15, -0.1) is 0 Å². The molecule has 0 saturated carbocycles. The molecule has 100 valence electrons. The molecule has 2 N–H and O–H groups in total. The minimum Gasteiger partial charge on any atom is -0.379 e. The molecule has 1 saturated heterocycles. The molecule has 0 bridgehead atoms. The summed E-state index contributed by atoms with van der Waals surface area (Å²) in [5.41, 5.74) is 8.77. The Labute approximate surface area is 110 Å². The maximum atomic E-state index is 6.25. The first kappa shape index (κ1) is 13.5. The van der Waals surface area contributed by atoms with E-state index < -0.39 is 0 Å². The Balaban J connectivity index is 1.83. The second-order valence-corrected chi connectivity index (χ2v) is 5.27. The third-order valence-corrected chi connectivity index (χ3v) is 3.74. The first-order valence-electron chi connectivity index (χ1n) is 6.81. The van der Waals surface area contributed by atoms with Gasteiger partial charge in [-0.3, -0.25) is 4.90 Å². The van der Waals surface area contributed by atoms with Crippen molar-refractivity contribution in [3.8, 4) is 0 Å². The van der Waals surface area contributed by atoms with Crippen LogP contribution < -0.4 is 5.73 Å². The maximum absolute atomic E-state index is 6.25. The van der Waals surface area contributed by atoms with Crippen LogP contribution in [0.15, 0.2) is 24.3 Å². The van der Waals surface area contributed by atoms with Crippen molar-refractivity contribution in [1.82, 2.24) is 4.90 Å². The van der Waals surface area contributed by atoms with Crippen molar-refractivity contribution in [1.29, 1.82) is 0 Å². The van der Waals surface area contributed by atoms with E-state index in [1.165, 1.54) is 11.1 Å². The largest absolute Gasteiger partial charge is 0.379 e. The molecule has 2 rings (SSSR count). The highest BCUT2D eigenvalue weighted by Crippen LogP contribution is 2.16. The molecule has 0 radical (unpaired) electrons. The van der Waals surface area contributed by atoms with Crippen molar-refractivity contribution >= 4 is 0 Å². The molecule has 0 spiro atoms. The van der Waals surface area contributed by atoms with Crippen LogP contribution >= 0.6 is 0 Å². The van der Waals surface area contributed by atoms with Gasteiger partial charge in [0, 0.05) is 25.2 Å². The average molecular weight is 248 g/mol. The second-order valence-electron chi connectivity index (χ2n) is 5.27. The lowest BCUT2D eigenvalue weighted by Gasteiger charge is -2.33. The monoisotopic (exact) mass is 248 g/mol. The Morgan fingerprint density at radius 2 is 2.11 bits per heavy atom. The molecule has 1 heterocycles. The number of hydrogen-bond acceptors (Lipinski definition) is 3. The Bertz CT molecular complexity index is 363. The average Bonchev–Trinajstić information content (AvgIpc) is 2.38. The lowest BCUT2D eigenvalue weighted by molar-refractivity contribution is -0.00139. The standard InChI is InChI=1S/C15H24N2O/c1-12-3-5-14(6-4-12)15(16)7-8-17-9-10-18-11-13(17)2/h3-6,13,15H,7-11,16H2,1-2H3. The van der Waals surface area contributed by atoms with Gasteiger partial charge in [-0.1, -0.05) is 29.8 Å². The van der Waals surface area contributed by atoms with E-state index in [0.29, 0.717) is 6.04 Å². The van der Waals surface area contributed by atoms with Crippen LogP contribution in [0.25, 0.3) is 0 Å². The molecule has 1 aliphatic rings. The first-order valence-corrected chi connectivity index (χ1v) is 6.81. The van der Waals surface area contributed by atoms with Gasteiger partial charge in [-0.25, -0.2) is 0 Å². The third-order valence-electron chi connectivity index (χ3n) is 3.74. The number of aryl methyl sites for hydroxylation is 1. The SMILES string of the molecule is Cc1ccc(C(N)CCN2CCOCC2C)cc1. The molecule has 2 unspecified atom stereocenters. The van der Waals surface area contributed by atoms with Gasteiger partial charge in [0.15, 0.2) is 0 Å². The van der Waals surface area contributed by atoms with E-state index in [9.17, 15) is 0 Å². The van der Waals surface area contributed by atoms with Crippen molar-refractivity contribution in [3.63, 3.8) is 0 Å². The van der Waals surface area contributed by atoms with Crippen LogP contribution in [-0.4, -0.2) is 37.2 Å². The van der Waals surface area contributed by atoms with Crippen LogP contribution in [0, 0.1) is 6.92 Å². The summed E-state index contributed by atoms with van der Waals surface area (Å²) >= 11 is 0. The van der Waals surface area contributed by atoms with E-state index in [0.717, 1.165) is 32.7 Å². The van der Waals surface area contributed by atoms with Gasteiger partial charge < -0.3 is 10.5 Å². The Morgan fingerprint density at radius 1 is 1.39 bits per heavy atom. The number of nitrogens with zero attached hydrogens (tertiary/aromatic N) is 1. The van der Waals surface area contributed by atoms with Crippen LogP contribution in [0.1, 0.15) is 30.5 Å². The van der Waals surface area contributed by atoms with Crippen LogP contribution in [0.2, 0.25) is 0 Å². The first-order chi connectivity index (χ1) is 8.66. The highest BCUT2D eigenvalue weighted by atomic mass is 16.5. The summed E-state index contributed by atoms with van der Waals surface area (Å²) in [7, 11) is 0. The molecule has 3 heteroatoms. The molecular weight excluding hydrogens is 224 g/mol. The lowest BCUT2D eigenvalue weighted by atomic mass is 10.0. The minimum atomic E-state index is 0.139. The van der Waals surface area contributed by atoms with Crippen LogP contribution in [0.5, 0.6) is 0 Å². The zero-order valence-corrected chi connectivity index (χ0v) is 11.4. The predicted octanol–water partition coefficient (Wildman–Crippen LogP) is 2.11. The highest BCUT2D eigenvalue weighted by molar-refractivity contribution is 5.23. The normalized spacial score (nSPS) is 22.9. The van der Waals surface area contributed by atoms with Crippen molar-refractivity contribution in [2.24, 2.45) is 5.73 Å². The Hall–Kier alpha value is -0.900. The van der Waals surface area contributed by atoms with Gasteiger partial charge in [-0.05, 0) is 25.8 Å². The molecule has 2 atom stereocenters. The molecular formula is C15H24N2O. The van der Waals surface area contributed by atoms with Crippen LogP contribution in [0.3, 0.4) is 0 Å². The maximum Gasteiger partial charge on any atom is 0.0619 e. The summed E-state index contributed by atoms with van der Waals surface area (Å²) in [6.07, 6.45) is 1.01. The molecule has 1 aromatic carbocycles. The van der Waals surface area contributed by atoms with Crippen LogP contribution in [-0.2, 0) is 4.74 Å². The van der Waals surface area contributed by atoms with Crippen LogP contribution in [0.4, 0.5) is 0 Å². The highest BCUT2D eigenvalue weighted by Gasteiger charge is 2.19. The predicted molar refractivity (Wildman–Crippen MR) is 74.6 cm³/mol. The Morgan fingerprint density at radius 3 is 2.78 bits per heavy atom. The fourth-order valence-corrected chi connectivity index (χ4v) is 2.38. The molecule has 1 aromatic rings. The zero-order chi connectivity index (χ0) is 13.0. The summed E-state index contributed by atoms with van der Waals surface area (Å²) < 4.78 is 5.44. The third kappa shape index (κ3) is 3.55. The number of rotatable bonds is 4. The zero-order valence-electron chi connectivity index (χ0n) is 11.4. The molecule has 1 aliphatic heterocycles. The summed E-state index contributed by atoms with van der Waals surface area (Å²) in [6.45, 7) is 8.10. The number of hydrogen-bond donors (Lipinski definition) is 1. The number of benzene rings is 1. The summed E-state index contributed by atoms with van der Waals surface area (Å²) in [5.74, 6) is 0. The Kier molecular flexibility index (Phi) is 4.75. The number of nitrogens with two attached hydrogens (primary N) is 1. The quantitative estimate of drug-likeness (QED) is 0.887. The molecule has 0 aromatic heterocycles. The van der Waals surface area contributed by atoms with E-state index in [-0.39, 0.29) is 6.04 Å². The van der Waals surface area contributed by atoms with E-state index >= 15 is 0 Å².